The number of carbonyl (C=O) groups is 1. The molecular formula is C10H9ClF2O. The van der Waals surface area contributed by atoms with Crippen molar-refractivity contribution in [3.05, 3.63) is 35.9 Å². The van der Waals surface area contributed by atoms with Crippen LogP contribution in [-0.2, 0) is 4.79 Å². The van der Waals surface area contributed by atoms with E-state index >= 15 is 0 Å². The fourth-order valence-corrected chi connectivity index (χ4v) is 1.39. The number of alkyl halides is 2. The fourth-order valence-electron chi connectivity index (χ4n) is 1.23. The van der Waals surface area contributed by atoms with Crippen molar-refractivity contribution >= 4 is 16.8 Å². The molecule has 1 aromatic carbocycles. The molecule has 0 amide bonds. The molecule has 0 aliphatic heterocycles. The van der Waals surface area contributed by atoms with Gasteiger partial charge in [0.2, 0.25) is 11.7 Å². The quantitative estimate of drug-likeness (QED) is 0.710. The monoisotopic (exact) mass is 218 g/mol. The van der Waals surface area contributed by atoms with Gasteiger partial charge in [-0.05, 0) is 17.2 Å². The summed E-state index contributed by atoms with van der Waals surface area (Å²) < 4.78 is 25.1. The minimum atomic E-state index is -2.57. The molecule has 0 spiro atoms. The molecule has 0 N–H and O–H groups in total. The summed E-state index contributed by atoms with van der Waals surface area (Å²) in [5, 5.41) is -0.737. The molecule has 1 nitrogen and oxygen atoms in total. The number of rotatable bonds is 4. The van der Waals surface area contributed by atoms with Gasteiger partial charge in [0.1, 0.15) is 0 Å². The van der Waals surface area contributed by atoms with Crippen LogP contribution in [-0.4, -0.2) is 11.7 Å². The largest absolute Gasteiger partial charge is 0.281 e. The van der Waals surface area contributed by atoms with Crippen molar-refractivity contribution in [2.45, 2.75) is 18.8 Å². The van der Waals surface area contributed by atoms with Gasteiger partial charge in [-0.1, -0.05) is 30.3 Å². The molecule has 0 aliphatic rings. The van der Waals surface area contributed by atoms with E-state index in [1.54, 1.807) is 30.3 Å². The third kappa shape index (κ3) is 3.07. The van der Waals surface area contributed by atoms with Crippen molar-refractivity contribution in [1.82, 2.24) is 0 Å². The topological polar surface area (TPSA) is 17.1 Å². The summed E-state index contributed by atoms with van der Waals surface area (Å²) >= 11 is 5.09. The summed E-state index contributed by atoms with van der Waals surface area (Å²) in [5.41, 5.74) is 0.441. The fraction of sp³-hybridized carbons (Fsp3) is 0.300. The van der Waals surface area contributed by atoms with Crippen molar-refractivity contribution in [2.75, 3.05) is 0 Å². The van der Waals surface area contributed by atoms with Gasteiger partial charge < -0.3 is 0 Å². The first-order chi connectivity index (χ1) is 6.61. The van der Waals surface area contributed by atoms with Crippen LogP contribution < -0.4 is 0 Å². The second kappa shape index (κ2) is 5.05. The average molecular weight is 219 g/mol. The van der Waals surface area contributed by atoms with Crippen molar-refractivity contribution in [2.24, 2.45) is 0 Å². The predicted octanol–water partition coefficient (Wildman–Crippen LogP) is 3.19. The minimum Gasteiger partial charge on any atom is -0.281 e. The number of hydrogen-bond donors (Lipinski definition) is 0. The van der Waals surface area contributed by atoms with E-state index in [2.05, 4.69) is 0 Å². The molecule has 1 aromatic rings. The van der Waals surface area contributed by atoms with Crippen molar-refractivity contribution < 1.29 is 13.6 Å². The Hall–Kier alpha value is -0.960. The molecular weight excluding hydrogens is 210 g/mol. The van der Waals surface area contributed by atoms with Crippen LogP contribution in [0, 0.1) is 0 Å². The lowest BCUT2D eigenvalue weighted by atomic mass is 9.97. The van der Waals surface area contributed by atoms with Gasteiger partial charge in [-0.3, -0.25) is 4.79 Å². The van der Waals surface area contributed by atoms with E-state index in [1.807, 2.05) is 0 Å². The van der Waals surface area contributed by atoms with E-state index in [9.17, 15) is 13.6 Å². The Morgan fingerprint density at radius 2 is 1.86 bits per heavy atom. The first kappa shape index (κ1) is 11.1. The van der Waals surface area contributed by atoms with E-state index in [1.165, 1.54) is 0 Å². The molecule has 1 rings (SSSR count). The van der Waals surface area contributed by atoms with E-state index in [0.29, 0.717) is 5.56 Å². The van der Waals surface area contributed by atoms with Crippen LogP contribution in [0.25, 0.3) is 0 Å². The summed E-state index contributed by atoms with van der Waals surface area (Å²) in [7, 11) is 0. The van der Waals surface area contributed by atoms with Crippen LogP contribution in [0.1, 0.15) is 17.9 Å². The summed E-state index contributed by atoms with van der Waals surface area (Å²) in [4.78, 5) is 10.6. The Labute approximate surface area is 85.7 Å². The average Bonchev–Trinajstić information content (AvgIpc) is 2.15. The zero-order chi connectivity index (χ0) is 10.6. The van der Waals surface area contributed by atoms with Crippen LogP contribution >= 0.6 is 11.6 Å². The third-order valence-electron chi connectivity index (χ3n) is 1.91. The summed E-state index contributed by atoms with van der Waals surface area (Å²) in [6.07, 6.45) is -2.90. The highest BCUT2D eigenvalue weighted by molar-refractivity contribution is 6.63. The lowest BCUT2D eigenvalue weighted by molar-refractivity contribution is -0.112. The predicted molar refractivity (Wildman–Crippen MR) is 50.7 cm³/mol. The third-order valence-corrected chi connectivity index (χ3v) is 2.07. The second-order valence-electron chi connectivity index (χ2n) is 2.91. The number of halogens is 3. The normalized spacial score (nSPS) is 12.9. The van der Waals surface area contributed by atoms with Crippen LogP contribution in [0.2, 0.25) is 0 Å². The van der Waals surface area contributed by atoms with Gasteiger partial charge in [-0.25, -0.2) is 8.78 Å². The molecule has 1 atom stereocenters. The van der Waals surface area contributed by atoms with E-state index in [0.717, 1.165) is 0 Å². The highest BCUT2D eigenvalue weighted by atomic mass is 35.5. The highest BCUT2D eigenvalue weighted by Crippen LogP contribution is 2.27. The smallest absolute Gasteiger partial charge is 0.245 e. The standard InChI is InChI=1S/C10H9ClF2O/c11-9(14)6-8(10(12)13)7-4-2-1-3-5-7/h1-5,8,10H,6H2. The molecule has 4 heteroatoms. The maximum atomic E-state index is 12.5. The molecule has 14 heavy (non-hydrogen) atoms. The van der Waals surface area contributed by atoms with Crippen molar-refractivity contribution in [3.63, 3.8) is 0 Å². The Balaban J connectivity index is 2.83. The summed E-state index contributed by atoms with van der Waals surface area (Å²) in [6.45, 7) is 0. The SMILES string of the molecule is O=C(Cl)CC(c1ccccc1)C(F)F. The number of hydrogen-bond acceptors (Lipinski definition) is 1. The molecule has 0 radical (unpaired) electrons. The van der Waals surface area contributed by atoms with Gasteiger partial charge in [-0.15, -0.1) is 0 Å². The zero-order valence-corrected chi connectivity index (χ0v) is 8.05. The van der Waals surface area contributed by atoms with Gasteiger partial charge >= 0.3 is 0 Å². The molecule has 0 saturated carbocycles. The van der Waals surface area contributed by atoms with Gasteiger partial charge in [0.15, 0.2) is 0 Å². The number of benzene rings is 1. The molecule has 0 fully saturated rings. The van der Waals surface area contributed by atoms with Gasteiger partial charge in [0, 0.05) is 6.42 Å². The first-order valence-electron chi connectivity index (χ1n) is 4.12. The molecule has 0 aromatic heterocycles. The molecule has 0 saturated heterocycles. The van der Waals surface area contributed by atoms with Crippen molar-refractivity contribution in [3.8, 4) is 0 Å². The van der Waals surface area contributed by atoms with Gasteiger partial charge in [0.05, 0.1) is 5.92 Å². The van der Waals surface area contributed by atoms with Crippen LogP contribution in [0.4, 0.5) is 8.78 Å². The molecule has 76 valence electrons. The lowest BCUT2D eigenvalue weighted by Gasteiger charge is -2.13. The maximum absolute atomic E-state index is 12.5. The Kier molecular flexibility index (Phi) is 4.01. The maximum Gasteiger partial charge on any atom is 0.245 e. The Morgan fingerprint density at radius 1 is 1.29 bits per heavy atom. The van der Waals surface area contributed by atoms with Crippen LogP contribution in [0.15, 0.2) is 30.3 Å². The molecule has 0 bridgehead atoms. The highest BCUT2D eigenvalue weighted by Gasteiger charge is 2.24. The number of carbonyl (C=O) groups excluding carboxylic acids is 1. The van der Waals surface area contributed by atoms with E-state index in [4.69, 9.17) is 11.6 Å². The van der Waals surface area contributed by atoms with Crippen LogP contribution in [0.3, 0.4) is 0 Å². The molecule has 1 unspecified atom stereocenters. The lowest BCUT2D eigenvalue weighted by Crippen LogP contribution is -2.11. The Bertz CT molecular complexity index is 300. The Morgan fingerprint density at radius 3 is 2.29 bits per heavy atom. The van der Waals surface area contributed by atoms with Gasteiger partial charge in [-0.2, -0.15) is 0 Å². The molecule has 0 heterocycles. The van der Waals surface area contributed by atoms with Crippen LogP contribution in [0.5, 0.6) is 0 Å². The van der Waals surface area contributed by atoms with Crippen molar-refractivity contribution in [1.29, 1.82) is 0 Å². The minimum absolute atomic E-state index is 0.330. The zero-order valence-electron chi connectivity index (χ0n) is 7.29. The summed E-state index contributed by atoms with van der Waals surface area (Å²) in [5.74, 6) is -1.10. The van der Waals surface area contributed by atoms with E-state index in [-0.39, 0.29) is 6.42 Å². The second-order valence-corrected chi connectivity index (χ2v) is 3.33. The first-order valence-corrected chi connectivity index (χ1v) is 4.50. The van der Waals surface area contributed by atoms with E-state index < -0.39 is 17.6 Å². The molecule has 0 aliphatic carbocycles. The summed E-state index contributed by atoms with van der Waals surface area (Å²) in [6, 6.07) is 8.18. The van der Waals surface area contributed by atoms with Gasteiger partial charge in [0.25, 0.3) is 0 Å².